The van der Waals surface area contributed by atoms with Gasteiger partial charge in [0.05, 0.1) is 12.0 Å². The molecule has 3 N–H and O–H groups in total. The molecule has 0 bridgehead atoms. The number of aliphatic hydroxyl groups is 1. The molecule has 146 valence electrons. The zero-order valence-corrected chi connectivity index (χ0v) is 16.3. The van der Waals surface area contributed by atoms with Crippen molar-refractivity contribution in [3.8, 4) is 0 Å². The van der Waals surface area contributed by atoms with Gasteiger partial charge in [-0.2, -0.15) is 0 Å². The highest BCUT2D eigenvalue weighted by molar-refractivity contribution is 14.1. The fourth-order valence-electron chi connectivity index (χ4n) is 3.23. The molecule has 2 aromatic heterocycles. The van der Waals surface area contributed by atoms with Crippen molar-refractivity contribution in [1.29, 1.82) is 0 Å². The smallest absolute Gasteiger partial charge is 0.431 e. The van der Waals surface area contributed by atoms with Crippen LogP contribution in [-0.2, 0) is 14.2 Å². The van der Waals surface area contributed by atoms with Crippen LogP contribution in [0.2, 0.25) is 0 Å². The normalized spacial score (nSPS) is 28.3. The van der Waals surface area contributed by atoms with Crippen molar-refractivity contribution in [2.24, 2.45) is 0 Å². The highest BCUT2D eigenvalue weighted by Crippen LogP contribution is 2.38. The largest absolute Gasteiger partial charge is 0.509 e. The van der Waals surface area contributed by atoms with Crippen molar-refractivity contribution in [1.82, 2.24) is 14.5 Å². The minimum atomic E-state index is -1.72. The second-order valence-electron chi connectivity index (χ2n) is 6.54. The number of nitrogen functional groups attached to an aromatic ring is 1. The number of nitrogens with two attached hydrogens (primary N) is 1. The van der Waals surface area contributed by atoms with Gasteiger partial charge in [-0.05, 0) is 41.9 Å². The maximum absolute atomic E-state index is 15.1. The Morgan fingerprint density at radius 3 is 2.89 bits per heavy atom. The molecule has 27 heavy (non-hydrogen) atoms. The van der Waals surface area contributed by atoms with Crippen LogP contribution in [0.15, 0.2) is 12.5 Å². The molecule has 0 radical (unpaired) electrons. The van der Waals surface area contributed by atoms with Crippen LogP contribution in [0.25, 0.3) is 11.0 Å². The molecule has 0 amide bonds. The molecule has 1 aliphatic heterocycles. The van der Waals surface area contributed by atoms with Crippen molar-refractivity contribution in [3.05, 3.63) is 16.1 Å². The maximum atomic E-state index is 15.1. The summed E-state index contributed by atoms with van der Waals surface area (Å²) in [4.78, 5) is 20.0. The maximum Gasteiger partial charge on any atom is 0.509 e. The second-order valence-corrected chi connectivity index (χ2v) is 7.70. The Labute approximate surface area is 167 Å². The number of carbonyl (C=O) groups is 1. The van der Waals surface area contributed by atoms with Gasteiger partial charge in [0.2, 0.25) is 0 Å². The summed E-state index contributed by atoms with van der Waals surface area (Å²) in [5, 5.41) is 10.1. The number of rotatable bonds is 4. The molecular weight excluding hydrogens is 474 g/mol. The average molecular weight is 492 g/mol. The van der Waals surface area contributed by atoms with Gasteiger partial charge in [0, 0.05) is 9.77 Å². The summed E-state index contributed by atoms with van der Waals surface area (Å²) >= 11 is 2.05. The Balaban J connectivity index is 1.58. The van der Waals surface area contributed by atoms with Crippen LogP contribution in [0, 0.1) is 3.57 Å². The lowest BCUT2D eigenvalue weighted by Crippen LogP contribution is -2.37. The first-order chi connectivity index (χ1) is 13.0. The summed E-state index contributed by atoms with van der Waals surface area (Å²) < 4.78 is 33.2. The number of aromatic nitrogens is 3. The lowest BCUT2D eigenvalue weighted by atomic mass is 9.96. The Morgan fingerprint density at radius 1 is 1.44 bits per heavy atom. The van der Waals surface area contributed by atoms with E-state index < -0.39 is 37.4 Å². The van der Waals surface area contributed by atoms with E-state index in [-0.39, 0.29) is 11.9 Å². The number of anilines is 1. The van der Waals surface area contributed by atoms with Crippen LogP contribution in [0.5, 0.6) is 0 Å². The number of alkyl halides is 1. The van der Waals surface area contributed by atoms with Crippen LogP contribution >= 0.6 is 22.6 Å². The zero-order chi connectivity index (χ0) is 19.1. The van der Waals surface area contributed by atoms with Crippen molar-refractivity contribution in [2.45, 2.75) is 50.0 Å². The van der Waals surface area contributed by atoms with E-state index in [1.165, 1.54) is 10.9 Å². The highest BCUT2D eigenvalue weighted by Gasteiger charge is 2.49. The Kier molecular flexibility index (Phi) is 5.07. The van der Waals surface area contributed by atoms with Crippen LogP contribution in [-0.4, -0.2) is 56.9 Å². The number of nitrogens with zero attached hydrogens (tertiary/aromatic N) is 3. The molecule has 1 unspecified atom stereocenters. The summed E-state index contributed by atoms with van der Waals surface area (Å²) in [6, 6.07) is 0. The molecular formula is C16H18FIN4O5. The van der Waals surface area contributed by atoms with Gasteiger partial charge in [-0.15, -0.1) is 0 Å². The number of ether oxygens (including phenoxy) is 3. The topological polar surface area (TPSA) is 122 Å². The lowest BCUT2D eigenvalue weighted by molar-refractivity contribution is -0.0662. The first-order valence-electron chi connectivity index (χ1n) is 8.53. The van der Waals surface area contributed by atoms with Gasteiger partial charge in [-0.25, -0.2) is 19.2 Å². The molecule has 1 saturated heterocycles. The first-order valence-corrected chi connectivity index (χ1v) is 9.61. The number of fused-ring (bicyclic) bond motifs is 1. The summed E-state index contributed by atoms with van der Waals surface area (Å²) in [6.07, 6.45) is -0.854. The van der Waals surface area contributed by atoms with E-state index >= 15 is 4.39 Å². The third-order valence-corrected chi connectivity index (χ3v) is 5.68. The van der Waals surface area contributed by atoms with E-state index in [1.54, 1.807) is 6.20 Å². The van der Waals surface area contributed by atoms with E-state index in [1.807, 2.05) is 22.6 Å². The standard InChI is InChI=1S/C16H18FIN4O5/c17-11-12(27-16(24)25-7-2-1-3-7)9(5-23)26-15(11)22-4-8(18)10-13(19)20-6-21-14(10)22/h4,6-7,9,11-12,15,23H,1-3,5H2,(H2,19,20,21)/t9-,11?,12+,15-/m1/s1. The predicted molar refractivity (Wildman–Crippen MR) is 99.5 cm³/mol. The highest BCUT2D eigenvalue weighted by atomic mass is 127. The van der Waals surface area contributed by atoms with Crippen LogP contribution in [0.1, 0.15) is 25.5 Å². The molecule has 2 aromatic rings. The lowest BCUT2D eigenvalue weighted by Gasteiger charge is -2.26. The fraction of sp³-hybridized carbons (Fsp3) is 0.562. The number of hydrogen-bond donors (Lipinski definition) is 2. The molecule has 1 aliphatic carbocycles. The molecule has 3 heterocycles. The van der Waals surface area contributed by atoms with Gasteiger partial charge < -0.3 is 29.6 Å². The molecule has 0 spiro atoms. The van der Waals surface area contributed by atoms with Gasteiger partial charge in [0.25, 0.3) is 0 Å². The third kappa shape index (κ3) is 3.31. The SMILES string of the molecule is Nc1ncnc2c1c(I)cn2[C@@H]1O[C@H](CO)[C@H](OC(=O)OC2CCC2)C1F. The predicted octanol–water partition coefficient (Wildman–Crippen LogP) is 1.92. The van der Waals surface area contributed by atoms with Gasteiger partial charge >= 0.3 is 6.16 Å². The monoisotopic (exact) mass is 492 g/mol. The van der Waals surface area contributed by atoms with E-state index in [2.05, 4.69) is 9.97 Å². The van der Waals surface area contributed by atoms with E-state index in [9.17, 15) is 9.90 Å². The summed E-state index contributed by atoms with van der Waals surface area (Å²) in [6.45, 7) is -0.508. The average Bonchev–Trinajstić information content (AvgIpc) is 3.10. The van der Waals surface area contributed by atoms with Crippen LogP contribution in [0.4, 0.5) is 15.0 Å². The molecule has 11 heteroatoms. The van der Waals surface area contributed by atoms with E-state index in [0.717, 1.165) is 22.8 Å². The molecule has 1 saturated carbocycles. The Morgan fingerprint density at radius 2 is 2.22 bits per heavy atom. The number of halogens is 2. The van der Waals surface area contributed by atoms with E-state index in [4.69, 9.17) is 19.9 Å². The Hall–Kier alpha value is -1.73. The van der Waals surface area contributed by atoms with Crippen molar-refractivity contribution >= 4 is 45.6 Å². The second kappa shape index (κ2) is 7.36. The quantitative estimate of drug-likeness (QED) is 0.491. The fourth-order valence-corrected chi connectivity index (χ4v) is 4.04. The summed E-state index contributed by atoms with van der Waals surface area (Å²) in [5.74, 6) is 0.270. The summed E-state index contributed by atoms with van der Waals surface area (Å²) in [7, 11) is 0. The molecule has 4 atom stereocenters. The van der Waals surface area contributed by atoms with E-state index in [0.29, 0.717) is 11.0 Å². The number of hydrogen-bond acceptors (Lipinski definition) is 8. The van der Waals surface area contributed by atoms with Crippen LogP contribution in [0.3, 0.4) is 0 Å². The first kappa shape index (κ1) is 18.6. The van der Waals surface area contributed by atoms with Crippen molar-refractivity contribution in [3.63, 3.8) is 0 Å². The number of aliphatic hydroxyl groups excluding tert-OH is 1. The van der Waals surface area contributed by atoms with Crippen molar-refractivity contribution in [2.75, 3.05) is 12.3 Å². The molecule has 2 aliphatic rings. The molecule has 2 fully saturated rings. The molecule has 9 nitrogen and oxygen atoms in total. The van der Waals surface area contributed by atoms with Crippen molar-refractivity contribution < 1.29 is 28.5 Å². The zero-order valence-electron chi connectivity index (χ0n) is 14.1. The number of carbonyl (C=O) groups excluding carboxylic acids is 1. The minimum absolute atomic E-state index is 0.184. The van der Waals surface area contributed by atoms with Gasteiger partial charge in [-0.3, -0.25) is 0 Å². The Bertz CT molecular complexity index is 861. The minimum Gasteiger partial charge on any atom is -0.431 e. The summed E-state index contributed by atoms with van der Waals surface area (Å²) in [5.41, 5.74) is 6.28. The van der Waals surface area contributed by atoms with Gasteiger partial charge in [0.1, 0.15) is 30.0 Å². The third-order valence-electron chi connectivity index (χ3n) is 4.86. The molecule has 0 aromatic carbocycles. The molecule has 4 rings (SSSR count). The van der Waals surface area contributed by atoms with Gasteiger partial charge in [-0.1, -0.05) is 0 Å². The van der Waals surface area contributed by atoms with Gasteiger partial charge in [0.15, 0.2) is 18.5 Å². The van der Waals surface area contributed by atoms with Crippen LogP contribution < -0.4 is 5.73 Å².